The monoisotopic (exact) mass is 363 g/mol. The van der Waals surface area contributed by atoms with E-state index in [0.29, 0.717) is 27.0 Å². The summed E-state index contributed by atoms with van der Waals surface area (Å²) in [6.07, 6.45) is -6.04. The Morgan fingerprint density at radius 3 is 2.50 bits per heavy atom. The summed E-state index contributed by atoms with van der Waals surface area (Å²) in [6.45, 7) is 2.97. The SMILES string of the molecule is Cc1c(Cl)cccc1NC(=O)C(C)n1nc(C(F)F)cc1C(F)F. The lowest BCUT2D eigenvalue weighted by Crippen LogP contribution is -2.26. The largest absolute Gasteiger partial charge is 0.324 e. The fraction of sp³-hybridized carbons (Fsp3) is 0.333. The van der Waals surface area contributed by atoms with E-state index in [1.807, 2.05) is 0 Å². The zero-order valence-corrected chi connectivity index (χ0v) is 13.5. The first-order valence-corrected chi connectivity index (χ1v) is 7.31. The number of aromatic nitrogens is 2. The molecule has 1 aromatic carbocycles. The van der Waals surface area contributed by atoms with E-state index in [0.717, 1.165) is 0 Å². The topological polar surface area (TPSA) is 46.9 Å². The van der Waals surface area contributed by atoms with Crippen molar-refractivity contribution in [3.63, 3.8) is 0 Å². The van der Waals surface area contributed by atoms with Crippen LogP contribution < -0.4 is 5.32 Å². The molecule has 24 heavy (non-hydrogen) atoms. The van der Waals surface area contributed by atoms with Gasteiger partial charge in [-0.2, -0.15) is 5.10 Å². The number of alkyl halides is 4. The summed E-state index contributed by atoms with van der Waals surface area (Å²) in [5, 5.41) is 6.39. The van der Waals surface area contributed by atoms with E-state index in [2.05, 4.69) is 10.4 Å². The molecule has 0 saturated carbocycles. The number of nitrogens with zero attached hydrogens (tertiary/aromatic N) is 2. The van der Waals surface area contributed by atoms with Crippen molar-refractivity contribution in [3.8, 4) is 0 Å². The van der Waals surface area contributed by atoms with E-state index in [1.165, 1.54) is 6.92 Å². The third-order valence-electron chi connectivity index (χ3n) is 3.50. The molecule has 0 saturated heterocycles. The average molecular weight is 364 g/mol. The highest BCUT2D eigenvalue weighted by Crippen LogP contribution is 2.28. The van der Waals surface area contributed by atoms with Crippen LogP contribution in [0.3, 0.4) is 0 Å². The molecule has 2 rings (SSSR count). The van der Waals surface area contributed by atoms with Crippen LogP contribution in [0.2, 0.25) is 5.02 Å². The lowest BCUT2D eigenvalue weighted by Gasteiger charge is -2.16. The summed E-state index contributed by atoms with van der Waals surface area (Å²) in [4.78, 5) is 12.3. The third-order valence-corrected chi connectivity index (χ3v) is 3.91. The van der Waals surface area contributed by atoms with Gasteiger partial charge in [-0.15, -0.1) is 0 Å². The summed E-state index contributed by atoms with van der Waals surface area (Å²) in [7, 11) is 0. The van der Waals surface area contributed by atoms with Crippen LogP contribution in [0.1, 0.15) is 42.8 Å². The molecule has 1 amide bonds. The van der Waals surface area contributed by atoms with E-state index in [4.69, 9.17) is 11.6 Å². The van der Waals surface area contributed by atoms with Crippen molar-refractivity contribution in [2.24, 2.45) is 0 Å². The van der Waals surface area contributed by atoms with Gasteiger partial charge >= 0.3 is 0 Å². The number of carbonyl (C=O) groups is 1. The summed E-state index contributed by atoms with van der Waals surface area (Å²) in [5.41, 5.74) is -0.540. The van der Waals surface area contributed by atoms with Crippen LogP contribution in [0, 0.1) is 6.92 Å². The van der Waals surface area contributed by atoms with Crippen molar-refractivity contribution in [2.75, 3.05) is 5.32 Å². The normalized spacial score (nSPS) is 12.7. The van der Waals surface area contributed by atoms with Crippen LogP contribution in [0.4, 0.5) is 23.2 Å². The maximum atomic E-state index is 13.0. The maximum Gasteiger partial charge on any atom is 0.282 e. The zero-order chi connectivity index (χ0) is 18.0. The van der Waals surface area contributed by atoms with Gasteiger partial charge < -0.3 is 5.32 Å². The van der Waals surface area contributed by atoms with Crippen LogP contribution >= 0.6 is 11.6 Å². The average Bonchev–Trinajstić information content (AvgIpc) is 2.96. The molecule has 2 aromatic rings. The number of carbonyl (C=O) groups excluding carboxylic acids is 1. The van der Waals surface area contributed by atoms with Crippen LogP contribution in [-0.4, -0.2) is 15.7 Å². The predicted octanol–water partition coefficient (Wildman–Crippen LogP) is 4.92. The summed E-state index contributed by atoms with van der Waals surface area (Å²) in [5.74, 6) is -0.675. The molecule has 0 bridgehead atoms. The van der Waals surface area contributed by atoms with Gasteiger partial charge in [0.2, 0.25) is 5.91 Å². The van der Waals surface area contributed by atoms with Crippen molar-refractivity contribution in [3.05, 3.63) is 46.2 Å². The maximum absolute atomic E-state index is 13.0. The second kappa shape index (κ2) is 7.21. The number of nitrogens with one attached hydrogen (secondary N) is 1. The molecule has 0 aliphatic heterocycles. The number of benzene rings is 1. The Labute approximate surface area is 140 Å². The first-order chi connectivity index (χ1) is 11.2. The summed E-state index contributed by atoms with van der Waals surface area (Å²) in [6, 6.07) is 4.23. The molecule has 1 unspecified atom stereocenters. The predicted molar refractivity (Wildman–Crippen MR) is 81.7 cm³/mol. The molecular formula is C15H14ClF4N3O. The van der Waals surface area contributed by atoms with E-state index in [-0.39, 0.29) is 0 Å². The number of rotatable bonds is 5. The smallest absolute Gasteiger partial charge is 0.282 e. The second-order valence-corrected chi connectivity index (χ2v) is 5.52. The Morgan fingerprint density at radius 2 is 1.92 bits per heavy atom. The van der Waals surface area contributed by atoms with Gasteiger partial charge in [-0.05, 0) is 37.6 Å². The Hall–Kier alpha value is -2.09. The van der Waals surface area contributed by atoms with Gasteiger partial charge in [0.15, 0.2) is 0 Å². The fourth-order valence-corrected chi connectivity index (χ4v) is 2.27. The van der Waals surface area contributed by atoms with E-state index in [1.54, 1.807) is 25.1 Å². The van der Waals surface area contributed by atoms with Crippen molar-refractivity contribution in [1.29, 1.82) is 0 Å². The Bertz CT molecular complexity index is 748. The highest BCUT2D eigenvalue weighted by atomic mass is 35.5. The van der Waals surface area contributed by atoms with Gasteiger partial charge in [-0.25, -0.2) is 17.6 Å². The third kappa shape index (κ3) is 3.69. The number of hydrogen-bond acceptors (Lipinski definition) is 2. The van der Waals surface area contributed by atoms with Crippen molar-refractivity contribution in [1.82, 2.24) is 9.78 Å². The molecule has 4 nitrogen and oxygen atoms in total. The quantitative estimate of drug-likeness (QED) is 0.766. The Balaban J connectivity index is 2.29. The van der Waals surface area contributed by atoms with Crippen LogP contribution in [-0.2, 0) is 4.79 Å². The molecule has 0 spiro atoms. The molecule has 130 valence electrons. The molecule has 0 fully saturated rings. The van der Waals surface area contributed by atoms with Gasteiger partial charge in [-0.3, -0.25) is 9.48 Å². The highest BCUT2D eigenvalue weighted by molar-refractivity contribution is 6.31. The zero-order valence-electron chi connectivity index (χ0n) is 12.7. The van der Waals surface area contributed by atoms with Gasteiger partial charge in [0.05, 0.1) is 0 Å². The molecule has 1 heterocycles. The Morgan fingerprint density at radius 1 is 1.25 bits per heavy atom. The van der Waals surface area contributed by atoms with Gasteiger partial charge in [0.1, 0.15) is 17.4 Å². The summed E-state index contributed by atoms with van der Waals surface area (Å²) >= 11 is 5.95. The standard InChI is InChI=1S/C15H14ClF4N3O/c1-7-9(16)4-3-5-10(7)21-15(24)8(2)23-12(14(19)20)6-11(22-23)13(17)18/h3-6,8,13-14H,1-2H3,(H,21,24). The number of amides is 1. The molecular weight excluding hydrogens is 350 g/mol. The first kappa shape index (κ1) is 18.3. The van der Waals surface area contributed by atoms with Crippen LogP contribution in [0.15, 0.2) is 24.3 Å². The Kier molecular flexibility index (Phi) is 5.48. The molecule has 9 heteroatoms. The molecule has 1 atom stereocenters. The molecule has 1 aromatic heterocycles. The first-order valence-electron chi connectivity index (χ1n) is 6.94. The molecule has 0 aliphatic carbocycles. The van der Waals surface area contributed by atoms with Crippen LogP contribution in [0.5, 0.6) is 0 Å². The molecule has 0 radical (unpaired) electrons. The van der Waals surface area contributed by atoms with Crippen molar-refractivity contribution in [2.45, 2.75) is 32.7 Å². The number of anilines is 1. The molecule has 1 N–H and O–H groups in total. The van der Waals surface area contributed by atoms with Crippen molar-refractivity contribution >= 4 is 23.2 Å². The van der Waals surface area contributed by atoms with E-state index < -0.39 is 36.2 Å². The lowest BCUT2D eigenvalue weighted by molar-refractivity contribution is -0.119. The van der Waals surface area contributed by atoms with E-state index in [9.17, 15) is 22.4 Å². The van der Waals surface area contributed by atoms with Crippen LogP contribution in [0.25, 0.3) is 0 Å². The van der Waals surface area contributed by atoms with Gasteiger partial charge in [-0.1, -0.05) is 17.7 Å². The highest BCUT2D eigenvalue weighted by Gasteiger charge is 2.27. The van der Waals surface area contributed by atoms with Gasteiger partial charge in [0, 0.05) is 10.7 Å². The van der Waals surface area contributed by atoms with E-state index >= 15 is 0 Å². The van der Waals surface area contributed by atoms with Gasteiger partial charge in [0.25, 0.3) is 12.9 Å². The minimum absolute atomic E-state index is 0.402. The molecule has 0 aliphatic rings. The second-order valence-electron chi connectivity index (χ2n) is 5.12. The fourth-order valence-electron chi connectivity index (χ4n) is 2.10. The number of halogens is 5. The minimum Gasteiger partial charge on any atom is -0.324 e. The number of hydrogen-bond donors (Lipinski definition) is 1. The lowest BCUT2D eigenvalue weighted by atomic mass is 10.2. The van der Waals surface area contributed by atoms with Crippen molar-refractivity contribution < 1.29 is 22.4 Å². The minimum atomic E-state index is -3.03. The summed E-state index contributed by atoms with van der Waals surface area (Å²) < 4.78 is 52.0.